The number of primary amides is 1. The van der Waals surface area contributed by atoms with Gasteiger partial charge >= 0.3 is 12.0 Å². The number of ether oxygens (including phenoxy) is 3. The lowest BCUT2D eigenvalue weighted by molar-refractivity contribution is -0.118. The summed E-state index contributed by atoms with van der Waals surface area (Å²) < 4.78 is 15.8. The number of esters is 1. The van der Waals surface area contributed by atoms with Crippen molar-refractivity contribution in [1.82, 2.24) is 5.43 Å². The number of para-hydroxylation sites is 1. The molecule has 0 aliphatic carbocycles. The van der Waals surface area contributed by atoms with Gasteiger partial charge in [-0.2, -0.15) is 5.10 Å². The highest BCUT2D eigenvalue weighted by Gasteiger charge is 2.14. The predicted molar refractivity (Wildman–Crippen MR) is 110 cm³/mol. The zero-order valence-corrected chi connectivity index (χ0v) is 16.5. The fourth-order valence-electron chi connectivity index (χ4n) is 2.37. The van der Waals surface area contributed by atoms with E-state index in [4.69, 9.17) is 19.9 Å². The first-order valence-electron chi connectivity index (χ1n) is 8.90. The summed E-state index contributed by atoms with van der Waals surface area (Å²) in [5, 5.41) is 6.29. The fraction of sp³-hybridized carbons (Fsp3) is 0.200. The van der Waals surface area contributed by atoms with Crippen LogP contribution in [-0.4, -0.2) is 44.4 Å². The highest BCUT2D eigenvalue weighted by molar-refractivity contribution is 6.01. The number of hydrogen-bond acceptors (Lipinski definition) is 7. The van der Waals surface area contributed by atoms with E-state index >= 15 is 0 Å². The molecular formula is C20H22N4O6. The van der Waals surface area contributed by atoms with Crippen LogP contribution in [0.15, 0.2) is 47.6 Å². The van der Waals surface area contributed by atoms with E-state index in [2.05, 4.69) is 15.8 Å². The number of nitrogens with one attached hydrogen (secondary N) is 2. The summed E-state index contributed by atoms with van der Waals surface area (Å²) in [4.78, 5) is 34.7. The molecule has 10 heteroatoms. The third-order valence-corrected chi connectivity index (χ3v) is 3.62. The number of hydrazone groups is 1. The Morgan fingerprint density at radius 3 is 2.57 bits per heavy atom. The molecule has 30 heavy (non-hydrogen) atoms. The number of nitrogens with zero attached hydrogens (tertiary/aromatic N) is 1. The van der Waals surface area contributed by atoms with Gasteiger partial charge in [-0.1, -0.05) is 12.1 Å². The number of rotatable bonds is 9. The summed E-state index contributed by atoms with van der Waals surface area (Å²) in [6, 6.07) is 10.6. The molecule has 4 N–H and O–H groups in total. The molecule has 0 unspecified atom stereocenters. The van der Waals surface area contributed by atoms with Crippen LogP contribution < -0.4 is 25.9 Å². The molecule has 2 aromatic rings. The van der Waals surface area contributed by atoms with Crippen molar-refractivity contribution in [2.75, 3.05) is 25.6 Å². The number of methoxy groups -OCH3 is 1. The second kappa shape index (κ2) is 11.1. The summed E-state index contributed by atoms with van der Waals surface area (Å²) in [5.41, 5.74) is 8.20. The van der Waals surface area contributed by atoms with Crippen LogP contribution in [-0.2, 0) is 9.53 Å². The van der Waals surface area contributed by atoms with Gasteiger partial charge in [0.05, 0.1) is 31.2 Å². The number of nitrogens with two attached hydrogens (primary N) is 1. The summed E-state index contributed by atoms with van der Waals surface area (Å²) >= 11 is 0. The lowest BCUT2D eigenvalue weighted by Gasteiger charge is -2.13. The molecule has 158 valence electrons. The van der Waals surface area contributed by atoms with E-state index in [0.717, 1.165) is 0 Å². The van der Waals surface area contributed by atoms with Crippen molar-refractivity contribution < 1.29 is 28.6 Å². The summed E-state index contributed by atoms with van der Waals surface area (Å²) in [6.45, 7) is 1.86. The van der Waals surface area contributed by atoms with Crippen LogP contribution >= 0.6 is 0 Å². The number of carbonyl (C=O) groups is 3. The van der Waals surface area contributed by atoms with Gasteiger partial charge in [0, 0.05) is 0 Å². The molecule has 0 atom stereocenters. The van der Waals surface area contributed by atoms with Crippen molar-refractivity contribution in [3.8, 4) is 11.5 Å². The number of anilines is 1. The maximum atomic E-state index is 12.3. The topological polar surface area (TPSA) is 141 Å². The number of hydrogen-bond donors (Lipinski definition) is 3. The second-order valence-corrected chi connectivity index (χ2v) is 5.75. The molecule has 3 amide bonds. The fourth-order valence-corrected chi connectivity index (χ4v) is 2.37. The molecule has 10 nitrogen and oxygen atoms in total. The van der Waals surface area contributed by atoms with Crippen LogP contribution in [0, 0.1) is 0 Å². The zero-order valence-electron chi connectivity index (χ0n) is 16.5. The van der Waals surface area contributed by atoms with Gasteiger partial charge in [-0.05, 0) is 42.8 Å². The highest BCUT2D eigenvalue weighted by atomic mass is 16.5. The molecule has 0 saturated carbocycles. The van der Waals surface area contributed by atoms with Crippen LogP contribution in [0.5, 0.6) is 11.5 Å². The second-order valence-electron chi connectivity index (χ2n) is 5.75. The Bertz CT molecular complexity index is 945. The first-order chi connectivity index (χ1) is 14.4. The van der Waals surface area contributed by atoms with E-state index in [1.807, 2.05) is 0 Å². The third-order valence-electron chi connectivity index (χ3n) is 3.62. The molecule has 0 saturated heterocycles. The number of amides is 3. The van der Waals surface area contributed by atoms with E-state index < -0.39 is 17.9 Å². The lowest BCUT2D eigenvalue weighted by atomic mass is 10.2. The zero-order chi connectivity index (χ0) is 21.9. The average molecular weight is 414 g/mol. The van der Waals surface area contributed by atoms with Gasteiger partial charge in [0.2, 0.25) is 0 Å². The van der Waals surface area contributed by atoms with Crippen molar-refractivity contribution in [2.45, 2.75) is 6.92 Å². The predicted octanol–water partition coefficient (Wildman–Crippen LogP) is 1.89. The van der Waals surface area contributed by atoms with Crippen molar-refractivity contribution in [2.24, 2.45) is 10.8 Å². The van der Waals surface area contributed by atoms with Gasteiger partial charge in [-0.3, -0.25) is 4.79 Å². The summed E-state index contributed by atoms with van der Waals surface area (Å²) in [6.07, 6.45) is 1.38. The molecule has 0 aliphatic rings. The molecular weight excluding hydrogens is 392 g/mol. The normalized spacial score (nSPS) is 10.3. The molecule has 2 rings (SSSR count). The van der Waals surface area contributed by atoms with Crippen molar-refractivity contribution in [3.05, 3.63) is 53.6 Å². The van der Waals surface area contributed by atoms with E-state index in [0.29, 0.717) is 29.4 Å². The number of benzene rings is 2. The van der Waals surface area contributed by atoms with Crippen molar-refractivity contribution in [3.63, 3.8) is 0 Å². The molecule has 0 radical (unpaired) electrons. The standard InChI is InChI=1S/C20H22N4O6/c1-3-29-17-10-13(11-22-24-20(21)27)8-9-16(17)30-12-18(25)23-15-7-5-4-6-14(15)19(26)28-2/h4-11H,3,12H2,1-2H3,(H,23,25)(H3,21,24,27). The Balaban J connectivity index is 2.06. The molecule has 0 fully saturated rings. The lowest BCUT2D eigenvalue weighted by Crippen LogP contribution is -2.24. The van der Waals surface area contributed by atoms with Crippen molar-refractivity contribution >= 4 is 29.8 Å². The van der Waals surface area contributed by atoms with Crippen LogP contribution in [0.25, 0.3) is 0 Å². The van der Waals surface area contributed by atoms with Crippen molar-refractivity contribution in [1.29, 1.82) is 0 Å². The monoisotopic (exact) mass is 414 g/mol. The molecule has 0 heterocycles. The maximum Gasteiger partial charge on any atom is 0.339 e. The van der Waals surface area contributed by atoms with E-state index in [1.54, 1.807) is 49.4 Å². The third kappa shape index (κ3) is 6.51. The SMILES string of the molecule is CCOc1cc(C=NNC(N)=O)ccc1OCC(=O)Nc1ccccc1C(=O)OC. The minimum absolute atomic E-state index is 0.233. The van der Waals surface area contributed by atoms with E-state index in [9.17, 15) is 14.4 Å². The van der Waals surface area contributed by atoms with Crippen LogP contribution in [0.1, 0.15) is 22.8 Å². The number of urea groups is 1. The quantitative estimate of drug-likeness (QED) is 0.325. The number of carbonyl (C=O) groups excluding carboxylic acids is 3. The largest absolute Gasteiger partial charge is 0.490 e. The minimum Gasteiger partial charge on any atom is -0.490 e. The minimum atomic E-state index is -0.781. The molecule has 0 aliphatic heterocycles. The summed E-state index contributed by atoms with van der Waals surface area (Å²) in [5.74, 6) is -0.296. The maximum absolute atomic E-state index is 12.3. The Labute approximate surface area is 173 Å². The Morgan fingerprint density at radius 2 is 1.87 bits per heavy atom. The highest BCUT2D eigenvalue weighted by Crippen LogP contribution is 2.28. The van der Waals surface area contributed by atoms with Gasteiger partial charge in [0.25, 0.3) is 5.91 Å². The van der Waals surface area contributed by atoms with E-state index in [1.165, 1.54) is 13.3 Å². The first-order valence-corrected chi connectivity index (χ1v) is 8.90. The Hall–Kier alpha value is -4.08. The molecule has 2 aromatic carbocycles. The van der Waals surface area contributed by atoms with Gasteiger partial charge in [-0.25, -0.2) is 15.0 Å². The van der Waals surface area contributed by atoms with Crippen LogP contribution in [0.3, 0.4) is 0 Å². The molecule has 0 spiro atoms. The molecule has 0 aromatic heterocycles. The van der Waals surface area contributed by atoms with Gasteiger partial charge < -0.3 is 25.3 Å². The smallest absolute Gasteiger partial charge is 0.339 e. The van der Waals surface area contributed by atoms with Gasteiger partial charge in [0.15, 0.2) is 18.1 Å². The average Bonchev–Trinajstić information content (AvgIpc) is 2.73. The first kappa shape index (κ1) is 22.2. The van der Waals surface area contributed by atoms with Crippen LogP contribution in [0.2, 0.25) is 0 Å². The Morgan fingerprint density at radius 1 is 1.10 bits per heavy atom. The van der Waals surface area contributed by atoms with Gasteiger partial charge in [0.1, 0.15) is 0 Å². The Kier molecular flexibility index (Phi) is 8.18. The van der Waals surface area contributed by atoms with E-state index in [-0.39, 0.29) is 12.2 Å². The molecule has 0 bridgehead atoms. The van der Waals surface area contributed by atoms with Crippen LogP contribution in [0.4, 0.5) is 10.5 Å². The van der Waals surface area contributed by atoms with Gasteiger partial charge in [-0.15, -0.1) is 0 Å². The summed E-state index contributed by atoms with van der Waals surface area (Å²) in [7, 11) is 1.26.